The van der Waals surface area contributed by atoms with Gasteiger partial charge in [0.05, 0.1) is 6.54 Å². The van der Waals surface area contributed by atoms with Crippen molar-refractivity contribution in [1.29, 1.82) is 0 Å². The van der Waals surface area contributed by atoms with Crippen LogP contribution < -0.4 is 10.6 Å². The molecule has 2 rings (SSSR count). The highest BCUT2D eigenvalue weighted by Gasteiger charge is 2.20. The van der Waals surface area contributed by atoms with E-state index in [1.165, 1.54) is 19.3 Å². The lowest BCUT2D eigenvalue weighted by molar-refractivity contribution is -0.120. The Balaban J connectivity index is 0.00000200. The fourth-order valence-electron chi connectivity index (χ4n) is 2.73. The number of carbonyl (C=O) groups excluding carboxylic acids is 1. The van der Waals surface area contributed by atoms with E-state index in [1.54, 1.807) is 0 Å². The van der Waals surface area contributed by atoms with Crippen molar-refractivity contribution in [3.05, 3.63) is 30.3 Å². The predicted molar refractivity (Wildman–Crippen MR) is 86.4 cm³/mol. The summed E-state index contributed by atoms with van der Waals surface area (Å²) < 4.78 is 0. The standard InChI is InChI=1S/C16H24N2O.ClH/c1-2-13-8-10-15(11-9-13)18-16(19)12-17-14-6-4-3-5-7-14;/h3-7,13,15,17H,2,8-12H2,1H3,(H,18,19);1H. The van der Waals surface area contributed by atoms with Crippen LogP contribution in [0.1, 0.15) is 39.0 Å². The number of carbonyl (C=O) groups is 1. The first-order chi connectivity index (χ1) is 9.28. The molecule has 1 saturated carbocycles. The zero-order valence-corrected chi connectivity index (χ0v) is 12.9. The highest BCUT2D eigenvalue weighted by molar-refractivity contribution is 5.85. The van der Waals surface area contributed by atoms with Crippen LogP contribution in [-0.4, -0.2) is 18.5 Å². The molecule has 0 atom stereocenters. The van der Waals surface area contributed by atoms with Gasteiger partial charge in [0.15, 0.2) is 0 Å². The average molecular weight is 297 g/mol. The smallest absolute Gasteiger partial charge is 0.239 e. The Morgan fingerprint density at radius 1 is 1.15 bits per heavy atom. The molecule has 3 nitrogen and oxygen atoms in total. The molecule has 1 amide bonds. The second-order valence-electron chi connectivity index (χ2n) is 5.41. The SMILES string of the molecule is CCC1CCC(NC(=O)CNc2ccccc2)CC1.Cl. The van der Waals surface area contributed by atoms with Gasteiger partial charge in [-0.25, -0.2) is 0 Å². The molecule has 1 aliphatic carbocycles. The van der Waals surface area contributed by atoms with Gasteiger partial charge >= 0.3 is 0 Å². The van der Waals surface area contributed by atoms with Crippen molar-refractivity contribution < 1.29 is 4.79 Å². The molecule has 1 fully saturated rings. The van der Waals surface area contributed by atoms with Crippen LogP contribution in [0.25, 0.3) is 0 Å². The number of halogens is 1. The number of rotatable bonds is 5. The zero-order valence-electron chi connectivity index (χ0n) is 12.1. The fourth-order valence-corrected chi connectivity index (χ4v) is 2.73. The Morgan fingerprint density at radius 2 is 1.80 bits per heavy atom. The summed E-state index contributed by atoms with van der Waals surface area (Å²) in [5.74, 6) is 0.972. The lowest BCUT2D eigenvalue weighted by atomic mass is 9.84. The number of hydrogen-bond acceptors (Lipinski definition) is 2. The Bertz CT molecular complexity index is 389. The van der Waals surface area contributed by atoms with Crippen molar-refractivity contribution in [2.45, 2.75) is 45.1 Å². The molecule has 112 valence electrons. The molecule has 0 saturated heterocycles. The van der Waals surface area contributed by atoms with Crippen LogP contribution >= 0.6 is 12.4 Å². The van der Waals surface area contributed by atoms with Gasteiger partial charge in [0, 0.05) is 11.7 Å². The highest BCUT2D eigenvalue weighted by atomic mass is 35.5. The Hall–Kier alpha value is -1.22. The van der Waals surface area contributed by atoms with Crippen molar-refractivity contribution in [2.75, 3.05) is 11.9 Å². The molecule has 0 heterocycles. The maximum absolute atomic E-state index is 11.9. The maximum atomic E-state index is 11.9. The van der Waals surface area contributed by atoms with Gasteiger partial charge in [-0.05, 0) is 43.7 Å². The minimum atomic E-state index is 0. The number of benzene rings is 1. The average Bonchev–Trinajstić information content (AvgIpc) is 2.47. The summed E-state index contributed by atoms with van der Waals surface area (Å²) in [7, 11) is 0. The van der Waals surface area contributed by atoms with Crippen molar-refractivity contribution in [2.24, 2.45) is 5.92 Å². The number of para-hydroxylation sites is 1. The van der Waals surface area contributed by atoms with Crippen LogP contribution in [0.15, 0.2) is 30.3 Å². The van der Waals surface area contributed by atoms with E-state index in [0.717, 1.165) is 24.4 Å². The third-order valence-electron chi connectivity index (χ3n) is 4.02. The van der Waals surface area contributed by atoms with Crippen molar-refractivity contribution >= 4 is 24.0 Å². The van der Waals surface area contributed by atoms with Crippen molar-refractivity contribution in [1.82, 2.24) is 5.32 Å². The van der Waals surface area contributed by atoms with Gasteiger partial charge in [-0.15, -0.1) is 12.4 Å². The van der Waals surface area contributed by atoms with E-state index in [9.17, 15) is 4.79 Å². The van der Waals surface area contributed by atoms with Gasteiger partial charge < -0.3 is 10.6 Å². The molecule has 0 aliphatic heterocycles. The first kappa shape index (κ1) is 16.8. The molecular formula is C16H25ClN2O. The predicted octanol–water partition coefficient (Wildman–Crippen LogP) is 3.61. The Kier molecular flexibility index (Phi) is 7.45. The van der Waals surface area contributed by atoms with E-state index >= 15 is 0 Å². The summed E-state index contributed by atoms with van der Waals surface area (Å²) in [5, 5.41) is 6.27. The van der Waals surface area contributed by atoms with Crippen LogP contribution in [0, 0.1) is 5.92 Å². The van der Waals surface area contributed by atoms with Crippen molar-refractivity contribution in [3.8, 4) is 0 Å². The third-order valence-corrected chi connectivity index (χ3v) is 4.02. The van der Waals surface area contributed by atoms with Crippen LogP contribution in [0.4, 0.5) is 5.69 Å². The van der Waals surface area contributed by atoms with E-state index in [2.05, 4.69) is 17.6 Å². The van der Waals surface area contributed by atoms with Gasteiger partial charge in [0.2, 0.25) is 5.91 Å². The minimum absolute atomic E-state index is 0. The van der Waals surface area contributed by atoms with Gasteiger partial charge in [0.25, 0.3) is 0 Å². The monoisotopic (exact) mass is 296 g/mol. The minimum Gasteiger partial charge on any atom is -0.376 e. The van der Waals surface area contributed by atoms with Crippen LogP contribution in [0.3, 0.4) is 0 Å². The Labute approximate surface area is 127 Å². The number of anilines is 1. The zero-order chi connectivity index (χ0) is 13.5. The topological polar surface area (TPSA) is 41.1 Å². The molecule has 0 spiro atoms. The fraction of sp³-hybridized carbons (Fsp3) is 0.562. The summed E-state index contributed by atoms with van der Waals surface area (Å²) in [6, 6.07) is 10.2. The second kappa shape index (κ2) is 8.85. The second-order valence-corrected chi connectivity index (χ2v) is 5.41. The first-order valence-electron chi connectivity index (χ1n) is 7.36. The van der Waals surface area contributed by atoms with Gasteiger partial charge in [-0.3, -0.25) is 4.79 Å². The molecule has 1 aromatic carbocycles. The molecule has 1 aromatic rings. The molecule has 0 aromatic heterocycles. The van der Waals surface area contributed by atoms with Crippen molar-refractivity contribution in [3.63, 3.8) is 0 Å². The summed E-state index contributed by atoms with van der Waals surface area (Å²) in [6.07, 6.45) is 6.06. The molecule has 4 heteroatoms. The third kappa shape index (κ3) is 5.41. The van der Waals surface area contributed by atoms with Gasteiger partial charge in [-0.1, -0.05) is 31.5 Å². The quantitative estimate of drug-likeness (QED) is 0.871. The van der Waals surface area contributed by atoms with Crippen LogP contribution in [-0.2, 0) is 4.79 Å². The summed E-state index contributed by atoms with van der Waals surface area (Å²) in [4.78, 5) is 11.9. The molecule has 20 heavy (non-hydrogen) atoms. The molecule has 1 aliphatic rings. The van der Waals surface area contributed by atoms with Gasteiger partial charge in [-0.2, -0.15) is 0 Å². The van der Waals surface area contributed by atoms with E-state index in [0.29, 0.717) is 12.6 Å². The lowest BCUT2D eigenvalue weighted by Gasteiger charge is -2.28. The first-order valence-corrected chi connectivity index (χ1v) is 7.36. The number of nitrogens with one attached hydrogen (secondary N) is 2. The highest BCUT2D eigenvalue weighted by Crippen LogP contribution is 2.26. The molecule has 0 bridgehead atoms. The van der Waals surface area contributed by atoms with E-state index < -0.39 is 0 Å². The molecular weight excluding hydrogens is 272 g/mol. The van der Waals surface area contributed by atoms with E-state index in [4.69, 9.17) is 0 Å². The maximum Gasteiger partial charge on any atom is 0.239 e. The normalized spacial score (nSPS) is 21.6. The number of hydrogen-bond donors (Lipinski definition) is 2. The summed E-state index contributed by atoms with van der Waals surface area (Å²) >= 11 is 0. The molecule has 0 radical (unpaired) electrons. The Morgan fingerprint density at radius 3 is 2.40 bits per heavy atom. The van der Waals surface area contributed by atoms with E-state index in [1.807, 2.05) is 30.3 Å². The molecule has 2 N–H and O–H groups in total. The van der Waals surface area contributed by atoms with Crippen LogP contribution in [0.5, 0.6) is 0 Å². The summed E-state index contributed by atoms with van der Waals surface area (Å²) in [5.41, 5.74) is 0.993. The van der Waals surface area contributed by atoms with Gasteiger partial charge in [0.1, 0.15) is 0 Å². The van der Waals surface area contributed by atoms with E-state index in [-0.39, 0.29) is 18.3 Å². The lowest BCUT2D eigenvalue weighted by Crippen LogP contribution is -2.40. The summed E-state index contributed by atoms with van der Waals surface area (Å²) in [6.45, 7) is 2.62. The largest absolute Gasteiger partial charge is 0.376 e. The molecule has 0 unspecified atom stereocenters. The van der Waals surface area contributed by atoms with Crippen LogP contribution in [0.2, 0.25) is 0 Å². The number of amides is 1.